The van der Waals surface area contributed by atoms with E-state index in [-0.39, 0.29) is 43.2 Å². The average Bonchev–Trinajstić information content (AvgIpc) is 3.22. The van der Waals surface area contributed by atoms with E-state index in [0.29, 0.717) is 0 Å². The van der Waals surface area contributed by atoms with E-state index in [1.165, 1.54) is 0 Å². The SMILES string of the molecule is NC(=O)[C@@H]1CCCN1.NC(=O)[C@@H]1CCCN1.O=C(O)CCCC(=O)O. The normalized spacial score (nSPS) is 21.3. The van der Waals surface area contributed by atoms with Gasteiger partial charge in [0.05, 0.1) is 12.1 Å². The Morgan fingerprint density at radius 3 is 1.32 bits per heavy atom. The molecule has 2 atom stereocenters. The lowest BCUT2D eigenvalue weighted by Crippen LogP contribution is -2.36. The van der Waals surface area contributed by atoms with Crippen LogP contribution in [-0.4, -0.2) is 59.1 Å². The molecule has 0 aromatic carbocycles. The smallest absolute Gasteiger partial charge is 0.303 e. The number of rotatable bonds is 6. The maximum absolute atomic E-state index is 10.4. The molecule has 2 aliphatic rings. The quantitative estimate of drug-likeness (QED) is 0.340. The van der Waals surface area contributed by atoms with Gasteiger partial charge in [0.1, 0.15) is 0 Å². The third-order valence-electron chi connectivity index (χ3n) is 3.59. The first-order valence-electron chi connectivity index (χ1n) is 8.23. The van der Waals surface area contributed by atoms with Gasteiger partial charge in [-0.15, -0.1) is 0 Å². The summed E-state index contributed by atoms with van der Waals surface area (Å²) < 4.78 is 0. The number of amides is 2. The van der Waals surface area contributed by atoms with Gasteiger partial charge in [-0.3, -0.25) is 19.2 Å². The molecule has 10 nitrogen and oxygen atoms in total. The predicted octanol–water partition coefficient (Wildman–Crippen LogP) is -1.23. The highest BCUT2D eigenvalue weighted by Gasteiger charge is 2.18. The Morgan fingerprint density at radius 1 is 0.800 bits per heavy atom. The van der Waals surface area contributed by atoms with Crippen LogP contribution in [0.4, 0.5) is 0 Å². The molecule has 10 heteroatoms. The van der Waals surface area contributed by atoms with E-state index < -0.39 is 11.9 Å². The zero-order chi connectivity index (χ0) is 19.2. The fraction of sp³-hybridized carbons (Fsp3) is 0.733. The van der Waals surface area contributed by atoms with Crippen LogP contribution < -0.4 is 22.1 Å². The molecule has 0 unspecified atom stereocenters. The number of nitrogens with one attached hydrogen (secondary N) is 2. The van der Waals surface area contributed by atoms with Gasteiger partial charge in [-0.1, -0.05) is 0 Å². The summed E-state index contributed by atoms with van der Waals surface area (Å²) in [5.41, 5.74) is 9.99. The molecule has 2 rings (SSSR count). The Hall–Kier alpha value is -2.20. The van der Waals surface area contributed by atoms with Gasteiger partial charge in [0.2, 0.25) is 11.8 Å². The van der Waals surface area contributed by atoms with E-state index in [1.807, 2.05) is 0 Å². The summed E-state index contributed by atoms with van der Waals surface area (Å²) in [6, 6.07) is -0.0926. The molecule has 2 heterocycles. The molecule has 0 radical (unpaired) electrons. The van der Waals surface area contributed by atoms with Gasteiger partial charge in [-0.05, 0) is 45.2 Å². The molecule has 8 N–H and O–H groups in total. The standard InChI is InChI=1S/2C5H10N2O.C5H8O4/c2*6-5(8)4-2-1-3-7-4;6-4(7)2-1-3-5(8)9/h2*4,7H,1-3H2,(H2,6,8);1-3H2,(H,6,7)(H,8,9)/t2*4-;/m00./s1. The van der Waals surface area contributed by atoms with Gasteiger partial charge >= 0.3 is 11.9 Å². The highest BCUT2D eigenvalue weighted by molar-refractivity contribution is 5.80. The van der Waals surface area contributed by atoms with Crippen molar-refractivity contribution in [2.45, 2.75) is 57.0 Å². The molecule has 2 aliphatic heterocycles. The fourth-order valence-corrected chi connectivity index (χ4v) is 2.25. The lowest BCUT2D eigenvalue weighted by atomic mass is 10.2. The van der Waals surface area contributed by atoms with E-state index in [9.17, 15) is 19.2 Å². The topological polar surface area (TPSA) is 185 Å². The number of carbonyl (C=O) groups excluding carboxylic acids is 2. The van der Waals surface area contributed by atoms with Gasteiger partial charge in [0.15, 0.2) is 0 Å². The number of hydrogen-bond acceptors (Lipinski definition) is 6. The Kier molecular flexibility index (Phi) is 12.0. The largest absolute Gasteiger partial charge is 0.481 e. The Balaban J connectivity index is 0.000000346. The summed E-state index contributed by atoms with van der Waals surface area (Å²) in [5.74, 6) is -2.34. The van der Waals surface area contributed by atoms with E-state index >= 15 is 0 Å². The van der Waals surface area contributed by atoms with Crippen LogP contribution in [0.3, 0.4) is 0 Å². The van der Waals surface area contributed by atoms with Crippen molar-refractivity contribution in [3.63, 3.8) is 0 Å². The van der Waals surface area contributed by atoms with Crippen molar-refractivity contribution in [3.05, 3.63) is 0 Å². The molecule has 2 fully saturated rings. The van der Waals surface area contributed by atoms with E-state index in [1.54, 1.807) is 0 Å². The number of nitrogens with two attached hydrogens (primary N) is 2. The number of carboxylic acid groups (broad SMARTS) is 2. The molecule has 0 aromatic heterocycles. The van der Waals surface area contributed by atoms with Gasteiger partial charge in [-0.2, -0.15) is 0 Å². The highest BCUT2D eigenvalue weighted by atomic mass is 16.4. The molecule has 0 saturated carbocycles. The minimum atomic E-state index is -0.948. The zero-order valence-electron chi connectivity index (χ0n) is 14.2. The first-order chi connectivity index (χ1) is 11.7. The second kappa shape index (κ2) is 13.1. The minimum absolute atomic E-state index is 0.0463. The fourth-order valence-electron chi connectivity index (χ4n) is 2.25. The zero-order valence-corrected chi connectivity index (χ0v) is 14.2. The van der Waals surface area contributed by atoms with E-state index in [4.69, 9.17) is 21.7 Å². The number of hydrogen-bond donors (Lipinski definition) is 6. The molecule has 0 aromatic rings. The molecule has 0 spiro atoms. The first-order valence-corrected chi connectivity index (χ1v) is 8.23. The maximum atomic E-state index is 10.4. The van der Waals surface area contributed by atoms with E-state index in [2.05, 4.69) is 10.6 Å². The Morgan fingerprint density at radius 2 is 1.16 bits per heavy atom. The minimum Gasteiger partial charge on any atom is -0.481 e. The summed E-state index contributed by atoms with van der Waals surface area (Å²) in [6.07, 6.45) is 4.06. The lowest BCUT2D eigenvalue weighted by Gasteiger charge is -2.01. The van der Waals surface area contributed by atoms with Crippen molar-refractivity contribution < 1.29 is 29.4 Å². The van der Waals surface area contributed by atoms with Gasteiger partial charge in [-0.25, -0.2) is 0 Å². The van der Waals surface area contributed by atoms with Crippen molar-refractivity contribution in [3.8, 4) is 0 Å². The summed E-state index contributed by atoms with van der Waals surface area (Å²) >= 11 is 0. The van der Waals surface area contributed by atoms with E-state index in [0.717, 1.165) is 38.8 Å². The molecular formula is C15H28N4O6. The summed E-state index contributed by atoms with van der Waals surface area (Å²) in [4.78, 5) is 40.3. The number of carboxylic acids is 2. The molecule has 0 aliphatic carbocycles. The van der Waals surface area contributed by atoms with Crippen LogP contribution in [0, 0.1) is 0 Å². The second-order valence-electron chi connectivity index (χ2n) is 5.74. The van der Waals surface area contributed by atoms with Gasteiger partial charge < -0.3 is 32.3 Å². The number of aliphatic carboxylic acids is 2. The molecule has 0 bridgehead atoms. The van der Waals surface area contributed by atoms with Crippen LogP contribution in [0.2, 0.25) is 0 Å². The molecular weight excluding hydrogens is 332 g/mol. The van der Waals surface area contributed by atoms with Crippen LogP contribution in [0.25, 0.3) is 0 Å². The van der Waals surface area contributed by atoms with Crippen LogP contribution in [-0.2, 0) is 19.2 Å². The second-order valence-corrected chi connectivity index (χ2v) is 5.74. The maximum Gasteiger partial charge on any atom is 0.303 e. The molecule has 2 amide bonds. The number of carbonyl (C=O) groups is 4. The van der Waals surface area contributed by atoms with Crippen molar-refractivity contribution in [1.82, 2.24) is 10.6 Å². The van der Waals surface area contributed by atoms with Crippen molar-refractivity contribution in [2.24, 2.45) is 11.5 Å². The van der Waals surface area contributed by atoms with Crippen LogP contribution in [0.5, 0.6) is 0 Å². The van der Waals surface area contributed by atoms with Gasteiger partial charge in [0.25, 0.3) is 0 Å². The Labute approximate surface area is 146 Å². The summed E-state index contributed by atoms with van der Waals surface area (Å²) in [6.45, 7) is 1.88. The molecule has 2 saturated heterocycles. The van der Waals surface area contributed by atoms with Crippen molar-refractivity contribution in [2.75, 3.05) is 13.1 Å². The average molecular weight is 360 g/mol. The van der Waals surface area contributed by atoms with Crippen LogP contribution in [0.1, 0.15) is 44.9 Å². The predicted molar refractivity (Wildman–Crippen MR) is 89.6 cm³/mol. The Bertz CT molecular complexity index is 405. The highest BCUT2D eigenvalue weighted by Crippen LogP contribution is 2.03. The third-order valence-corrected chi connectivity index (χ3v) is 3.59. The molecule has 25 heavy (non-hydrogen) atoms. The lowest BCUT2D eigenvalue weighted by molar-refractivity contribution is -0.138. The monoisotopic (exact) mass is 360 g/mol. The molecule has 144 valence electrons. The van der Waals surface area contributed by atoms with Crippen LogP contribution >= 0.6 is 0 Å². The number of primary amides is 2. The van der Waals surface area contributed by atoms with Crippen LogP contribution in [0.15, 0.2) is 0 Å². The van der Waals surface area contributed by atoms with Gasteiger partial charge in [0, 0.05) is 12.8 Å². The summed E-state index contributed by atoms with van der Waals surface area (Å²) in [5, 5.41) is 22.0. The summed E-state index contributed by atoms with van der Waals surface area (Å²) in [7, 11) is 0. The van der Waals surface area contributed by atoms with Crippen molar-refractivity contribution >= 4 is 23.8 Å². The third kappa shape index (κ3) is 12.8. The van der Waals surface area contributed by atoms with Crippen molar-refractivity contribution in [1.29, 1.82) is 0 Å². The first kappa shape index (κ1) is 22.8.